The molecule has 0 aromatic heterocycles. The van der Waals surface area contributed by atoms with E-state index in [1.807, 2.05) is 18.2 Å². The van der Waals surface area contributed by atoms with Gasteiger partial charge in [-0.25, -0.2) is 5.48 Å². The molecule has 0 heterocycles. The molecule has 0 saturated carbocycles. The second-order valence-corrected chi connectivity index (χ2v) is 6.63. The van der Waals surface area contributed by atoms with Gasteiger partial charge in [-0.2, -0.15) is 0 Å². The minimum atomic E-state index is -0.526. The van der Waals surface area contributed by atoms with Crippen molar-refractivity contribution in [1.29, 1.82) is 0 Å². The second-order valence-electron chi connectivity index (χ2n) is 6.19. The average Bonchev–Trinajstić information content (AvgIpc) is 3.03. The molecule has 2 aromatic rings. The molecule has 1 aliphatic carbocycles. The third kappa shape index (κ3) is 4.69. The van der Waals surface area contributed by atoms with Crippen LogP contribution in [0, 0.1) is 0 Å². The lowest BCUT2D eigenvalue weighted by Crippen LogP contribution is -2.21. The van der Waals surface area contributed by atoms with Gasteiger partial charge < -0.3 is 5.32 Å². The number of amides is 1. The summed E-state index contributed by atoms with van der Waals surface area (Å²) in [6.07, 6.45) is 6.10. The predicted octanol–water partition coefficient (Wildman–Crippen LogP) is 3.68. The molecule has 5 heteroatoms. The SMILES string of the molecule is O=C(C=Cc1ccc2c(c1)CCC2NCCc1ccc(Cl)cc1)NO. The van der Waals surface area contributed by atoms with Crippen molar-refractivity contribution in [2.45, 2.75) is 25.3 Å². The van der Waals surface area contributed by atoms with Crippen LogP contribution in [0.2, 0.25) is 5.02 Å². The number of benzene rings is 2. The number of rotatable bonds is 6. The average molecular weight is 357 g/mol. The summed E-state index contributed by atoms with van der Waals surface area (Å²) in [4.78, 5) is 11.1. The molecule has 2 aromatic carbocycles. The number of halogens is 1. The highest BCUT2D eigenvalue weighted by molar-refractivity contribution is 6.30. The molecule has 3 N–H and O–H groups in total. The lowest BCUT2D eigenvalue weighted by atomic mass is 10.0. The van der Waals surface area contributed by atoms with Crippen LogP contribution in [0.15, 0.2) is 48.5 Å². The van der Waals surface area contributed by atoms with Crippen molar-refractivity contribution in [3.8, 4) is 0 Å². The number of hydroxylamine groups is 1. The van der Waals surface area contributed by atoms with Gasteiger partial charge in [0.25, 0.3) is 5.91 Å². The molecule has 0 fully saturated rings. The molecular formula is C20H21ClN2O2. The fourth-order valence-corrected chi connectivity index (χ4v) is 3.33. The highest BCUT2D eigenvalue weighted by atomic mass is 35.5. The maximum atomic E-state index is 11.1. The summed E-state index contributed by atoms with van der Waals surface area (Å²) >= 11 is 5.91. The van der Waals surface area contributed by atoms with Gasteiger partial charge in [0.05, 0.1) is 0 Å². The Morgan fingerprint density at radius 2 is 2.04 bits per heavy atom. The van der Waals surface area contributed by atoms with Gasteiger partial charge in [-0.1, -0.05) is 41.9 Å². The lowest BCUT2D eigenvalue weighted by molar-refractivity contribution is -0.124. The molecular weight excluding hydrogens is 336 g/mol. The van der Waals surface area contributed by atoms with E-state index in [4.69, 9.17) is 16.8 Å². The van der Waals surface area contributed by atoms with Crippen molar-refractivity contribution in [1.82, 2.24) is 10.8 Å². The first-order valence-corrected chi connectivity index (χ1v) is 8.76. The fourth-order valence-electron chi connectivity index (χ4n) is 3.20. The number of carbonyl (C=O) groups is 1. The number of fused-ring (bicyclic) bond motifs is 1. The normalized spacial score (nSPS) is 16.2. The number of carbonyl (C=O) groups excluding carboxylic acids is 1. The third-order valence-corrected chi connectivity index (χ3v) is 4.75. The summed E-state index contributed by atoms with van der Waals surface area (Å²) in [6.45, 7) is 0.921. The van der Waals surface area contributed by atoms with Gasteiger partial charge in [0.1, 0.15) is 0 Å². The molecule has 4 nitrogen and oxygen atoms in total. The Morgan fingerprint density at radius 1 is 1.24 bits per heavy atom. The number of aryl methyl sites for hydroxylation is 1. The van der Waals surface area contributed by atoms with Gasteiger partial charge in [-0.15, -0.1) is 0 Å². The summed E-state index contributed by atoms with van der Waals surface area (Å²) in [5.41, 5.74) is 6.48. The minimum absolute atomic E-state index is 0.376. The Morgan fingerprint density at radius 3 is 2.80 bits per heavy atom. The van der Waals surface area contributed by atoms with Gasteiger partial charge in [0.2, 0.25) is 0 Å². The van der Waals surface area contributed by atoms with Gasteiger partial charge in [-0.05, 0) is 66.3 Å². The molecule has 0 aliphatic heterocycles. The quantitative estimate of drug-likeness (QED) is 0.420. The number of hydrogen-bond acceptors (Lipinski definition) is 3. The summed E-state index contributed by atoms with van der Waals surface area (Å²) in [6, 6.07) is 14.6. The molecule has 0 spiro atoms. The topological polar surface area (TPSA) is 61.4 Å². The van der Waals surface area contributed by atoms with E-state index in [-0.39, 0.29) is 0 Å². The molecule has 1 aliphatic rings. The Hall–Kier alpha value is -2.14. The maximum Gasteiger partial charge on any atom is 0.267 e. The number of hydrogen-bond donors (Lipinski definition) is 3. The van der Waals surface area contributed by atoms with Crippen LogP contribution in [0.4, 0.5) is 0 Å². The zero-order valence-corrected chi connectivity index (χ0v) is 14.6. The van der Waals surface area contributed by atoms with Gasteiger partial charge >= 0.3 is 0 Å². The standard InChI is InChI=1S/C20H21ClN2O2/c21-17-6-1-14(2-7-17)11-12-22-19-9-5-16-13-15(3-8-18(16)19)4-10-20(24)23-25/h1-4,6-8,10,13,19,22,25H,5,9,11-12H2,(H,23,24). The van der Waals surface area contributed by atoms with Gasteiger partial charge in [0.15, 0.2) is 0 Å². The lowest BCUT2D eigenvalue weighted by Gasteiger charge is -2.14. The first-order chi connectivity index (χ1) is 12.2. The van der Waals surface area contributed by atoms with Crippen LogP contribution in [0.5, 0.6) is 0 Å². The van der Waals surface area contributed by atoms with Crippen molar-refractivity contribution in [3.63, 3.8) is 0 Å². The fraction of sp³-hybridized carbons (Fsp3) is 0.250. The van der Waals surface area contributed by atoms with Crippen LogP contribution in [-0.2, 0) is 17.6 Å². The van der Waals surface area contributed by atoms with Crippen LogP contribution in [0.3, 0.4) is 0 Å². The monoisotopic (exact) mass is 356 g/mol. The van der Waals surface area contributed by atoms with E-state index < -0.39 is 5.91 Å². The third-order valence-electron chi connectivity index (χ3n) is 4.50. The molecule has 0 saturated heterocycles. The van der Waals surface area contributed by atoms with E-state index in [1.165, 1.54) is 22.8 Å². The van der Waals surface area contributed by atoms with E-state index in [0.717, 1.165) is 36.4 Å². The zero-order chi connectivity index (χ0) is 17.6. The highest BCUT2D eigenvalue weighted by Crippen LogP contribution is 2.32. The van der Waals surface area contributed by atoms with E-state index in [1.54, 1.807) is 11.6 Å². The molecule has 0 radical (unpaired) electrons. The van der Waals surface area contributed by atoms with E-state index in [0.29, 0.717) is 6.04 Å². The number of nitrogens with one attached hydrogen (secondary N) is 2. The highest BCUT2D eigenvalue weighted by Gasteiger charge is 2.21. The molecule has 25 heavy (non-hydrogen) atoms. The summed E-state index contributed by atoms with van der Waals surface area (Å²) in [7, 11) is 0. The van der Waals surface area contributed by atoms with Crippen molar-refractivity contribution < 1.29 is 10.0 Å². The molecule has 1 unspecified atom stereocenters. The predicted molar refractivity (Wildman–Crippen MR) is 99.6 cm³/mol. The van der Waals surface area contributed by atoms with Crippen LogP contribution in [0.1, 0.15) is 34.7 Å². The largest absolute Gasteiger partial charge is 0.310 e. The van der Waals surface area contributed by atoms with Crippen LogP contribution in [-0.4, -0.2) is 17.7 Å². The summed E-state index contributed by atoms with van der Waals surface area (Å²) in [5.74, 6) is -0.526. The van der Waals surface area contributed by atoms with Crippen LogP contribution in [0.25, 0.3) is 6.08 Å². The second kappa shape index (κ2) is 8.30. The zero-order valence-electron chi connectivity index (χ0n) is 13.8. The molecule has 0 bridgehead atoms. The van der Waals surface area contributed by atoms with E-state index >= 15 is 0 Å². The molecule has 1 atom stereocenters. The Kier molecular flexibility index (Phi) is 5.87. The summed E-state index contributed by atoms with van der Waals surface area (Å²) < 4.78 is 0. The van der Waals surface area contributed by atoms with Gasteiger partial charge in [0, 0.05) is 17.1 Å². The minimum Gasteiger partial charge on any atom is -0.310 e. The van der Waals surface area contributed by atoms with Crippen LogP contribution < -0.4 is 10.8 Å². The molecule has 3 rings (SSSR count). The first-order valence-electron chi connectivity index (χ1n) is 8.38. The molecule has 130 valence electrons. The van der Waals surface area contributed by atoms with Crippen molar-refractivity contribution in [2.24, 2.45) is 0 Å². The summed E-state index contributed by atoms with van der Waals surface area (Å²) in [5, 5.41) is 12.9. The first kappa shape index (κ1) is 17.7. The Balaban J connectivity index is 1.57. The molecule has 1 amide bonds. The smallest absolute Gasteiger partial charge is 0.267 e. The maximum absolute atomic E-state index is 11.1. The van der Waals surface area contributed by atoms with Crippen molar-refractivity contribution in [3.05, 3.63) is 75.8 Å². The Labute approximate surface area is 152 Å². The van der Waals surface area contributed by atoms with E-state index in [9.17, 15) is 4.79 Å². The van der Waals surface area contributed by atoms with Crippen LogP contribution >= 0.6 is 11.6 Å². The van der Waals surface area contributed by atoms with E-state index in [2.05, 4.69) is 29.6 Å². The van der Waals surface area contributed by atoms with Gasteiger partial charge in [-0.3, -0.25) is 10.0 Å². The van der Waals surface area contributed by atoms with Crippen molar-refractivity contribution >= 4 is 23.6 Å². The van der Waals surface area contributed by atoms with Crippen molar-refractivity contribution in [2.75, 3.05) is 6.54 Å². The Bertz CT molecular complexity index is 772.